The van der Waals surface area contributed by atoms with Crippen LogP contribution in [0.4, 0.5) is 0 Å². The summed E-state index contributed by atoms with van der Waals surface area (Å²) in [5.41, 5.74) is 0. The molecular weight excluding hydrogens is 670 g/mol. The number of likely N-dealkylation sites (N-methyl/N-ethyl adjacent to an activating group) is 1. The Kier molecular flexibility index (Phi) is 29.7. The molecule has 0 saturated heterocycles. The Bertz CT molecular complexity index is 1030. The summed E-state index contributed by atoms with van der Waals surface area (Å²) in [7, 11) is 1.56. The molecule has 8 N–H and O–H groups in total. The zero-order chi connectivity index (χ0) is 38.1. The van der Waals surface area contributed by atoms with E-state index < -0.39 is 41.8 Å². The Morgan fingerprint density at radius 1 is 0.471 bits per heavy atom. The summed E-state index contributed by atoms with van der Waals surface area (Å²) < 4.78 is 10.8. The van der Waals surface area contributed by atoms with Gasteiger partial charge in [-0.15, -0.1) is 0 Å². The second-order valence-electron chi connectivity index (χ2n) is 12.2. The standard InChI is InChI=1S/C34H61N5O12/c1-35-26(33(46)47)12-10-11-19-36-29(41)16-15-27(34(48)49)39-31(43)18-17-30(42)38-21-23-51-25-24-50-22-20-37-28(40)13-8-6-4-2-3-5-7-9-14-32(44)45/h26-27,35H,2-25H2,1H3,(H,36,41)(H,37,40)(H,38,42)(H,39,43)(H,44,45)(H,46,47)(H,48,49)/t26-,27-/m0/s1. The summed E-state index contributed by atoms with van der Waals surface area (Å²) in [5.74, 6) is -4.41. The number of aliphatic carboxylic acids is 3. The molecular formula is C34H61N5O12. The van der Waals surface area contributed by atoms with Gasteiger partial charge in [-0.05, 0) is 45.6 Å². The van der Waals surface area contributed by atoms with Crippen molar-refractivity contribution >= 4 is 41.5 Å². The number of nitrogens with one attached hydrogen (secondary N) is 5. The highest BCUT2D eigenvalue weighted by Crippen LogP contribution is 2.10. The topological polar surface area (TPSA) is 259 Å². The van der Waals surface area contributed by atoms with Crippen molar-refractivity contribution in [3.63, 3.8) is 0 Å². The second kappa shape index (κ2) is 32.1. The molecule has 0 rings (SSSR count). The lowest BCUT2D eigenvalue weighted by atomic mass is 10.1. The molecule has 294 valence electrons. The highest BCUT2D eigenvalue weighted by atomic mass is 16.5. The van der Waals surface area contributed by atoms with Gasteiger partial charge in [0.25, 0.3) is 0 Å². The third kappa shape index (κ3) is 30.7. The van der Waals surface area contributed by atoms with Crippen LogP contribution in [0.25, 0.3) is 0 Å². The maximum Gasteiger partial charge on any atom is 0.326 e. The van der Waals surface area contributed by atoms with Crippen molar-refractivity contribution in [2.45, 2.75) is 121 Å². The fourth-order valence-corrected chi connectivity index (χ4v) is 4.85. The lowest BCUT2D eigenvalue weighted by Crippen LogP contribution is -2.42. The quantitative estimate of drug-likeness (QED) is 0.0429. The van der Waals surface area contributed by atoms with Crippen LogP contribution >= 0.6 is 0 Å². The molecule has 0 aromatic heterocycles. The van der Waals surface area contributed by atoms with Gasteiger partial charge in [-0.2, -0.15) is 0 Å². The third-order valence-corrected chi connectivity index (χ3v) is 7.81. The largest absolute Gasteiger partial charge is 0.481 e. The van der Waals surface area contributed by atoms with E-state index in [-0.39, 0.29) is 57.1 Å². The van der Waals surface area contributed by atoms with E-state index in [1.165, 1.54) is 0 Å². The molecule has 0 bridgehead atoms. The van der Waals surface area contributed by atoms with Crippen LogP contribution in [0.15, 0.2) is 0 Å². The summed E-state index contributed by atoms with van der Waals surface area (Å²) >= 11 is 0. The van der Waals surface area contributed by atoms with Gasteiger partial charge in [0, 0.05) is 51.7 Å². The van der Waals surface area contributed by atoms with Gasteiger partial charge in [0.15, 0.2) is 0 Å². The monoisotopic (exact) mass is 731 g/mol. The average Bonchev–Trinajstić information content (AvgIpc) is 3.08. The predicted molar refractivity (Wildman–Crippen MR) is 187 cm³/mol. The zero-order valence-corrected chi connectivity index (χ0v) is 30.1. The molecule has 0 aromatic carbocycles. The molecule has 4 amide bonds. The molecule has 51 heavy (non-hydrogen) atoms. The molecule has 0 aromatic rings. The van der Waals surface area contributed by atoms with Crippen molar-refractivity contribution in [3.8, 4) is 0 Å². The van der Waals surface area contributed by atoms with Gasteiger partial charge in [0.1, 0.15) is 12.1 Å². The zero-order valence-electron chi connectivity index (χ0n) is 30.1. The highest BCUT2D eigenvalue weighted by molar-refractivity contribution is 5.87. The van der Waals surface area contributed by atoms with E-state index in [2.05, 4.69) is 26.6 Å². The number of carboxylic acid groups (broad SMARTS) is 3. The van der Waals surface area contributed by atoms with E-state index in [1.807, 2.05) is 0 Å². The van der Waals surface area contributed by atoms with Gasteiger partial charge in [-0.1, -0.05) is 38.5 Å². The van der Waals surface area contributed by atoms with Gasteiger partial charge in [0.05, 0.1) is 26.4 Å². The van der Waals surface area contributed by atoms with E-state index in [9.17, 15) is 38.7 Å². The number of hydrogen-bond donors (Lipinski definition) is 8. The Hall–Kier alpha value is -3.83. The first kappa shape index (κ1) is 47.2. The molecule has 0 aliphatic carbocycles. The van der Waals surface area contributed by atoms with Crippen molar-refractivity contribution in [1.82, 2.24) is 26.6 Å². The van der Waals surface area contributed by atoms with Crippen LogP contribution < -0.4 is 26.6 Å². The summed E-state index contributed by atoms with van der Waals surface area (Å²) in [4.78, 5) is 81.2. The molecule has 17 nitrogen and oxygen atoms in total. The van der Waals surface area contributed by atoms with E-state index in [0.717, 1.165) is 51.4 Å². The van der Waals surface area contributed by atoms with Gasteiger partial charge in [-0.3, -0.25) is 28.8 Å². The maximum absolute atomic E-state index is 12.2. The molecule has 0 radical (unpaired) electrons. The lowest BCUT2D eigenvalue weighted by molar-refractivity contribution is -0.142. The number of amides is 4. The fraction of sp³-hybridized carbons (Fsp3) is 0.794. The number of unbranched alkanes of at least 4 members (excludes halogenated alkanes) is 8. The van der Waals surface area contributed by atoms with Gasteiger partial charge in [0.2, 0.25) is 23.6 Å². The fourth-order valence-electron chi connectivity index (χ4n) is 4.85. The van der Waals surface area contributed by atoms with Crippen LogP contribution in [0, 0.1) is 0 Å². The number of ether oxygens (including phenoxy) is 2. The normalized spacial score (nSPS) is 12.0. The van der Waals surface area contributed by atoms with Gasteiger partial charge in [-0.25, -0.2) is 4.79 Å². The SMILES string of the molecule is CN[C@@H](CCCCNC(=O)CC[C@H](NC(=O)CCC(=O)NCCOCCOCCNC(=O)CCCCCCCCCCC(=O)O)C(=O)O)C(=O)O. The molecule has 0 fully saturated rings. The molecule has 0 aliphatic rings. The minimum absolute atomic E-state index is 0.0120. The van der Waals surface area contributed by atoms with Crippen molar-refractivity contribution in [2.75, 3.05) is 53.1 Å². The first-order valence-corrected chi connectivity index (χ1v) is 18.1. The molecule has 0 heterocycles. The molecule has 0 saturated carbocycles. The molecule has 17 heteroatoms. The summed E-state index contributed by atoms with van der Waals surface area (Å²) in [5, 5.41) is 40.1. The third-order valence-electron chi connectivity index (χ3n) is 7.81. The van der Waals surface area contributed by atoms with Crippen LogP contribution in [0.5, 0.6) is 0 Å². The molecule has 0 aliphatic heterocycles. The van der Waals surface area contributed by atoms with Gasteiger partial charge < -0.3 is 51.4 Å². The Morgan fingerprint density at radius 2 is 0.941 bits per heavy atom. The number of carboxylic acids is 3. The smallest absolute Gasteiger partial charge is 0.326 e. The first-order valence-electron chi connectivity index (χ1n) is 18.1. The number of rotatable bonds is 35. The number of carbonyl (C=O) groups excluding carboxylic acids is 4. The van der Waals surface area contributed by atoms with Crippen molar-refractivity contribution in [2.24, 2.45) is 0 Å². The van der Waals surface area contributed by atoms with E-state index in [1.54, 1.807) is 7.05 Å². The van der Waals surface area contributed by atoms with Crippen molar-refractivity contribution < 1.29 is 58.4 Å². The summed E-state index contributed by atoms with van der Waals surface area (Å²) in [6.07, 6.45) is 9.42. The highest BCUT2D eigenvalue weighted by Gasteiger charge is 2.21. The number of hydrogen-bond acceptors (Lipinski definition) is 10. The van der Waals surface area contributed by atoms with E-state index >= 15 is 0 Å². The summed E-state index contributed by atoms with van der Waals surface area (Å²) in [6.45, 7) is 2.12. The summed E-state index contributed by atoms with van der Waals surface area (Å²) in [6, 6.07) is -1.94. The Labute approximate surface area is 300 Å². The van der Waals surface area contributed by atoms with Gasteiger partial charge >= 0.3 is 17.9 Å². The second-order valence-corrected chi connectivity index (χ2v) is 12.2. The lowest BCUT2D eigenvalue weighted by Gasteiger charge is -2.15. The van der Waals surface area contributed by atoms with Crippen LogP contribution in [0.2, 0.25) is 0 Å². The maximum atomic E-state index is 12.2. The molecule has 2 atom stereocenters. The number of carbonyl (C=O) groups is 7. The predicted octanol–water partition coefficient (Wildman–Crippen LogP) is 1.33. The van der Waals surface area contributed by atoms with Crippen LogP contribution in [-0.4, -0.2) is 122 Å². The van der Waals surface area contributed by atoms with Crippen molar-refractivity contribution in [3.05, 3.63) is 0 Å². The van der Waals surface area contributed by atoms with E-state index in [0.29, 0.717) is 58.6 Å². The minimum Gasteiger partial charge on any atom is -0.481 e. The Balaban J connectivity index is 3.75. The van der Waals surface area contributed by atoms with Crippen molar-refractivity contribution in [1.29, 1.82) is 0 Å². The molecule has 0 unspecified atom stereocenters. The van der Waals surface area contributed by atoms with Crippen LogP contribution in [-0.2, 0) is 43.0 Å². The first-order chi connectivity index (χ1) is 24.5. The van der Waals surface area contributed by atoms with E-state index in [4.69, 9.17) is 19.7 Å². The van der Waals surface area contributed by atoms with Crippen LogP contribution in [0.3, 0.4) is 0 Å². The Morgan fingerprint density at radius 3 is 1.47 bits per heavy atom. The average molecular weight is 732 g/mol. The molecule has 0 spiro atoms. The van der Waals surface area contributed by atoms with Crippen LogP contribution in [0.1, 0.15) is 109 Å². The minimum atomic E-state index is -1.29.